The van der Waals surface area contributed by atoms with E-state index in [0.29, 0.717) is 16.5 Å². The molecule has 0 aromatic carbocycles. The molecule has 3 rings (SSSR count). The van der Waals surface area contributed by atoms with Crippen molar-refractivity contribution >= 4 is 33.6 Å². The Bertz CT molecular complexity index is 488. The highest BCUT2D eigenvalue weighted by molar-refractivity contribution is 9.10. The van der Waals surface area contributed by atoms with Crippen molar-refractivity contribution in [3.8, 4) is 0 Å². The molecule has 1 amide bonds. The Balaban J connectivity index is 1.83. The first-order chi connectivity index (χ1) is 9.04. The molecule has 1 aromatic rings. The third kappa shape index (κ3) is 2.87. The second-order valence-corrected chi connectivity index (χ2v) is 8.45. The second-order valence-electron chi connectivity index (χ2n) is 5.65. The molecule has 0 bridgehead atoms. The van der Waals surface area contributed by atoms with Gasteiger partial charge in [-0.3, -0.25) is 4.79 Å². The summed E-state index contributed by atoms with van der Waals surface area (Å²) < 4.78 is 3.17. The highest BCUT2D eigenvalue weighted by atomic mass is 79.9. The van der Waals surface area contributed by atoms with Gasteiger partial charge in [0.1, 0.15) is 5.69 Å². The smallest absolute Gasteiger partial charge is 0.270 e. The standard InChI is InChI=1S/C14H19BrN2OS/c1-9-6-16(7-10(2)19-9)14(18)13-5-11(15)8-17(13)12-3-4-12/h5,8-10,12H,3-4,6-7H2,1-2H3. The number of carbonyl (C=O) groups is 1. The summed E-state index contributed by atoms with van der Waals surface area (Å²) in [4.78, 5) is 14.8. The lowest BCUT2D eigenvalue weighted by molar-refractivity contribution is 0.0742. The van der Waals surface area contributed by atoms with Crippen molar-refractivity contribution in [3.63, 3.8) is 0 Å². The van der Waals surface area contributed by atoms with Crippen LogP contribution >= 0.6 is 27.7 Å². The van der Waals surface area contributed by atoms with Gasteiger partial charge in [0, 0.05) is 40.3 Å². The van der Waals surface area contributed by atoms with Crippen LogP contribution in [0.1, 0.15) is 43.2 Å². The molecule has 1 saturated carbocycles. The van der Waals surface area contributed by atoms with Gasteiger partial charge < -0.3 is 9.47 Å². The van der Waals surface area contributed by atoms with Crippen LogP contribution in [0.15, 0.2) is 16.7 Å². The molecule has 104 valence electrons. The molecule has 2 aliphatic rings. The average Bonchev–Trinajstić information content (AvgIpc) is 3.10. The van der Waals surface area contributed by atoms with Crippen LogP contribution in [0.2, 0.25) is 0 Å². The average molecular weight is 343 g/mol. The molecule has 1 aromatic heterocycles. The monoisotopic (exact) mass is 342 g/mol. The highest BCUT2D eigenvalue weighted by Gasteiger charge is 2.32. The molecule has 1 aliphatic carbocycles. The Kier molecular flexibility index (Phi) is 3.69. The van der Waals surface area contributed by atoms with Gasteiger partial charge in [-0.1, -0.05) is 13.8 Å². The normalized spacial score (nSPS) is 27.6. The fourth-order valence-electron chi connectivity index (χ4n) is 2.78. The van der Waals surface area contributed by atoms with Crippen molar-refractivity contribution in [3.05, 3.63) is 22.4 Å². The number of halogens is 1. The van der Waals surface area contributed by atoms with Crippen LogP contribution in [0.4, 0.5) is 0 Å². The predicted octanol–water partition coefficient (Wildman–Crippen LogP) is 3.55. The van der Waals surface area contributed by atoms with Gasteiger partial charge in [-0.25, -0.2) is 0 Å². The zero-order chi connectivity index (χ0) is 13.6. The molecular formula is C14H19BrN2OS. The number of amides is 1. The predicted molar refractivity (Wildman–Crippen MR) is 82.8 cm³/mol. The number of hydrogen-bond acceptors (Lipinski definition) is 2. The molecule has 1 saturated heterocycles. The van der Waals surface area contributed by atoms with Gasteiger partial charge in [0.25, 0.3) is 5.91 Å². The molecular weight excluding hydrogens is 324 g/mol. The maximum atomic E-state index is 12.7. The minimum absolute atomic E-state index is 0.191. The first-order valence-corrected chi connectivity index (χ1v) is 8.60. The van der Waals surface area contributed by atoms with Crippen LogP contribution in [0.5, 0.6) is 0 Å². The third-order valence-electron chi connectivity index (χ3n) is 3.68. The Hall–Kier alpha value is -0.420. The van der Waals surface area contributed by atoms with Crippen molar-refractivity contribution in [2.45, 2.75) is 43.2 Å². The van der Waals surface area contributed by atoms with Crippen LogP contribution < -0.4 is 0 Å². The first-order valence-electron chi connectivity index (χ1n) is 6.86. The van der Waals surface area contributed by atoms with Crippen LogP contribution in [-0.4, -0.2) is 39.0 Å². The SMILES string of the molecule is CC1CN(C(=O)c2cc(Br)cn2C2CC2)CC(C)S1. The molecule has 2 fully saturated rings. The molecule has 3 nitrogen and oxygen atoms in total. The molecule has 5 heteroatoms. The fourth-order valence-corrected chi connectivity index (χ4v) is 4.54. The number of nitrogens with zero attached hydrogens (tertiary/aromatic N) is 2. The Morgan fingerprint density at radius 3 is 2.53 bits per heavy atom. The minimum atomic E-state index is 0.191. The van der Waals surface area contributed by atoms with E-state index in [0.717, 1.165) is 23.3 Å². The molecule has 2 heterocycles. The van der Waals surface area contributed by atoms with Crippen molar-refractivity contribution in [2.24, 2.45) is 0 Å². The summed E-state index contributed by atoms with van der Waals surface area (Å²) >= 11 is 5.48. The van der Waals surface area contributed by atoms with Crippen LogP contribution in [0.3, 0.4) is 0 Å². The zero-order valence-corrected chi connectivity index (χ0v) is 13.7. The molecule has 0 N–H and O–H groups in total. The van der Waals surface area contributed by atoms with Crippen molar-refractivity contribution in [1.82, 2.24) is 9.47 Å². The quantitative estimate of drug-likeness (QED) is 0.821. The summed E-state index contributed by atoms with van der Waals surface area (Å²) in [6.07, 6.45) is 4.45. The van der Waals surface area contributed by atoms with E-state index in [1.807, 2.05) is 22.7 Å². The van der Waals surface area contributed by atoms with E-state index in [4.69, 9.17) is 0 Å². The van der Waals surface area contributed by atoms with Gasteiger partial charge in [0.15, 0.2) is 0 Å². The van der Waals surface area contributed by atoms with Gasteiger partial charge in [0.2, 0.25) is 0 Å². The molecule has 2 unspecified atom stereocenters. The lowest BCUT2D eigenvalue weighted by Gasteiger charge is -2.34. The van der Waals surface area contributed by atoms with Crippen LogP contribution in [0, 0.1) is 0 Å². The van der Waals surface area contributed by atoms with Crippen molar-refractivity contribution in [2.75, 3.05) is 13.1 Å². The lowest BCUT2D eigenvalue weighted by Crippen LogP contribution is -2.44. The van der Waals surface area contributed by atoms with E-state index in [-0.39, 0.29) is 5.91 Å². The summed E-state index contributed by atoms with van der Waals surface area (Å²) in [6, 6.07) is 2.51. The maximum absolute atomic E-state index is 12.7. The van der Waals surface area contributed by atoms with E-state index in [1.54, 1.807) is 0 Å². The minimum Gasteiger partial charge on any atom is -0.339 e. The van der Waals surface area contributed by atoms with Gasteiger partial charge in [-0.2, -0.15) is 11.8 Å². The van der Waals surface area contributed by atoms with Crippen LogP contribution in [0.25, 0.3) is 0 Å². The number of hydrogen-bond donors (Lipinski definition) is 0. The van der Waals surface area contributed by atoms with Gasteiger partial charge in [-0.15, -0.1) is 0 Å². The fraction of sp³-hybridized carbons (Fsp3) is 0.643. The number of aromatic nitrogens is 1. The maximum Gasteiger partial charge on any atom is 0.270 e. The Morgan fingerprint density at radius 1 is 1.32 bits per heavy atom. The largest absolute Gasteiger partial charge is 0.339 e. The van der Waals surface area contributed by atoms with E-state index < -0.39 is 0 Å². The summed E-state index contributed by atoms with van der Waals surface area (Å²) in [5.41, 5.74) is 0.848. The number of thioether (sulfide) groups is 1. The highest BCUT2D eigenvalue weighted by Crippen LogP contribution is 2.38. The second kappa shape index (κ2) is 5.17. The topological polar surface area (TPSA) is 25.2 Å². The Morgan fingerprint density at radius 2 is 1.95 bits per heavy atom. The van der Waals surface area contributed by atoms with Crippen molar-refractivity contribution < 1.29 is 4.79 Å². The van der Waals surface area contributed by atoms with Gasteiger partial charge >= 0.3 is 0 Å². The Labute approximate surface area is 126 Å². The van der Waals surface area contributed by atoms with E-state index >= 15 is 0 Å². The van der Waals surface area contributed by atoms with Crippen LogP contribution in [-0.2, 0) is 0 Å². The van der Waals surface area contributed by atoms with Gasteiger partial charge in [0.05, 0.1) is 0 Å². The molecule has 1 aliphatic heterocycles. The molecule has 2 atom stereocenters. The van der Waals surface area contributed by atoms with E-state index in [2.05, 4.69) is 40.5 Å². The summed E-state index contributed by atoms with van der Waals surface area (Å²) in [5.74, 6) is 0.191. The molecule has 19 heavy (non-hydrogen) atoms. The van der Waals surface area contributed by atoms with E-state index in [9.17, 15) is 4.79 Å². The lowest BCUT2D eigenvalue weighted by atomic mass is 10.3. The summed E-state index contributed by atoms with van der Waals surface area (Å²) in [6.45, 7) is 6.13. The summed E-state index contributed by atoms with van der Waals surface area (Å²) in [7, 11) is 0. The zero-order valence-electron chi connectivity index (χ0n) is 11.3. The number of carbonyl (C=O) groups excluding carboxylic acids is 1. The first kappa shape index (κ1) is 13.6. The third-order valence-corrected chi connectivity index (χ3v) is 5.34. The molecule has 0 radical (unpaired) electrons. The van der Waals surface area contributed by atoms with Crippen molar-refractivity contribution in [1.29, 1.82) is 0 Å². The number of rotatable bonds is 2. The summed E-state index contributed by atoms with van der Waals surface area (Å²) in [5, 5.41) is 1.06. The van der Waals surface area contributed by atoms with Gasteiger partial charge in [-0.05, 0) is 34.8 Å². The van der Waals surface area contributed by atoms with E-state index in [1.165, 1.54) is 12.8 Å². The molecule has 0 spiro atoms.